The van der Waals surface area contributed by atoms with Gasteiger partial charge in [-0.3, -0.25) is 4.79 Å². The Hall–Kier alpha value is -0.910. The van der Waals surface area contributed by atoms with Crippen molar-refractivity contribution < 1.29 is 14.3 Å². The predicted molar refractivity (Wildman–Crippen MR) is 88.6 cm³/mol. The quantitative estimate of drug-likeness (QED) is 0.757. The minimum absolute atomic E-state index is 0.00613. The van der Waals surface area contributed by atoms with Crippen molar-refractivity contribution in [2.45, 2.75) is 53.2 Å². The molecular formula is C15H30N2O3S. The van der Waals surface area contributed by atoms with E-state index in [4.69, 9.17) is 4.74 Å². The smallest absolute Gasteiger partial charge is 0.408 e. The van der Waals surface area contributed by atoms with Crippen molar-refractivity contribution in [1.82, 2.24) is 10.6 Å². The molecule has 2 atom stereocenters. The monoisotopic (exact) mass is 318 g/mol. The third kappa shape index (κ3) is 9.61. The van der Waals surface area contributed by atoms with Crippen LogP contribution in [-0.4, -0.2) is 42.2 Å². The third-order valence-corrected chi connectivity index (χ3v) is 3.60. The van der Waals surface area contributed by atoms with E-state index in [9.17, 15) is 9.59 Å². The summed E-state index contributed by atoms with van der Waals surface area (Å²) < 4.78 is 5.20. The van der Waals surface area contributed by atoms with E-state index in [1.807, 2.05) is 20.1 Å². The van der Waals surface area contributed by atoms with Crippen molar-refractivity contribution in [2.24, 2.45) is 11.8 Å². The minimum atomic E-state index is -0.582. The lowest BCUT2D eigenvalue weighted by molar-refractivity contribution is -0.124. The molecule has 124 valence electrons. The predicted octanol–water partition coefficient (Wildman–Crippen LogP) is 2.65. The second-order valence-electron chi connectivity index (χ2n) is 6.67. The molecule has 21 heavy (non-hydrogen) atoms. The molecule has 0 aliphatic heterocycles. The maximum atomic E-state index is 12.2. The van der Waals surface area contributed by atoms with Gasteiger partial charge in [0.25, 0.3) is 0 Å². The standard InChI is InChI=1S/C15H30N2O3S/c1-10(2)12(17-14(19)20-15(4,5)6)13(18)16-8-11(3)9-21-7/h10-12H,8-9H2,1-7H3,(H,16,18)(H,17,19). The second kappa shape index (κ2) is 9.18. The lowest BCUT2D eigenvalue weighted by Gasteiger charge is -2.25. The van der Waals surface area contributed by atoms with Gasteiger partial charge >= 0.3 is 6.09 Å². The minimum Gasteiger partial charge on any atom is -0.444 e. The van der Waals surface area contributed by atoms with Crippen LogP contribution in [0.5, 0.6) is 0 Å². The fourth-order valence-electron chi connectivity index (χ4n) is 1.70. The zero-order valence-corrected chi connectivity index (χ0v) is 15.1. The van der Waals surface area contributed by atoms with E-state index in [0.29, 0.717) is 12.5 Å². The van der Waals surface area contributed by atoms with Crippen LogP contribution >= 0.6 is 11.8 Å². The van der Waals surface area contributed by atoms with Crippen molar-refractivity contribution in [2.75, 3.05) is 18.6 Å². The van der Waals surface area contributed by atoms with Crippen LogP contribution in [0.4, 0.5) is 4.79 Å². The summed E-state index contributed by atoms with van der Waals surface area (Å²) in [5.74, 6) is 1.22. The van der Waals surface area contributed by atoms with Gasteiger partial charge in [-0.15, -0.1) is 0 Å². The Bertz CT molecular complexity index is 340. The molecule has 0 aromatic rings. The normalized spacial score (nSPS) is 14.5. The van der Waals surface area contributed by atoms with Gasteiger partial charge in [-0.2, -0.15) is 11.8 Å². The molecule has 6 heteroatoms. The zero-order chi connectivity index (χ0) is 16.6. The van der Waals surface area contributed by atoms with E-state index in [-0.39, 0.29) is 11.8 Å². The molecule has 0 saturated carbocycles. The number of amides is 2. The molecule has 0 aromatic heterocycles. The maximum absolute atomic E-state index is 12.2. The average molecular weight is 318 g/mol. The van der Waals surface area contributed by atoms with Gasteiger partial charge in [-0.05, 0) is 44.6 Å². The Morgan fingerprint density at radius 1 is 1.19 bits per heavy atom. The summed E-state index contributed by atoms with van der Waals surface area (Å²) in [6.45, 7) is 11.9. The highest BCUT2D eigenvalue weighted by atomic mass is 32.2. The molecule has 2 amide bonds. The number of carbonyl (C=O) groups excluding carboxylic acids is 2. The molecule has 0 aliphatic carbocycles. The molecular weight excluding hydrogens is 288 g/mol. The van der Waals surface area contributed by atoms with E-state index < -0.39 is 17.7 Å². The first-order valence-corrected chi connectivity index (χ1v) is 8.72. The number of hydrogen-bond donors (Lipinski definition) is 2. The molecule has 0 spiro atoms. The summed E-state index contributed by atoms with van der Waals surface area (Å²) in [4.78, 5) is 24.0. The van der Waals surface area contributed by atoms with Crippen LogP contribution in [0.1, 0.15) is 41.5 Å². The largest absolute Gasteiger partial charge is 0.444 e. The topological polar surface area (TPSA) is 67.4 Å². The van der Waals surface area contributed by atoms with Gasteiger partial charge in [0.2, 0.25) is 5.91 Å². The summed E-state index contributed by atoms with van der Waals surface area (Å²) >= 11 is 1.75. The van der Waals surface area contributed by atoms with Crippen molar-refractivity contribution in [3.63, 3.8) is 0 Å². The lowest BCUT2D eigenvalue weighted by atomic mass is 10.0. The number of carbonyl (C=O) groups is 2. The SMILES string of the molecule is CSCC(C)CNC(=O)C(NC(=O)OC(C)(C)C)C(C)C. The number of thioether (sulfide) groups is 1. The van der Waals surface area contributed by atoms with Gasteiger partial charge in [0, 0.05) is 6.54 Å². The van der Waals surface area contributed by atoms with Crippen molar-refractivity contribution >= 4 is 23.8 Å². The van der Waals surface area contributed by atoms with E-state index in [1.54, 1.807) is 32.5 Å². The van der Waals surface area contributed by atoms with Crippen LogP contribution in [0, 0.1) is 11.8 Å². The van der Waals surface area contributed by atoms with Gasteiger partial charge in [-0.25, -0.2) is 4.79 Å². The lowest BCUT2D eigenvalue weighted by Crippen LogP contribution is -2.51. The fraction of sp³-hybridized carbons (Fsp3) is 0.867. The summed E-state index contributed by atoms with van der Waals surface area (Å²) in [5.41, 5.74) is -0.574. The number of alkyl carbamates (subject to hydrolysis) is 1. The molecule has 0 bridgehead atoms. The molecule has 0 fully saturated rings. The Kier molecular flexibility index (Phi) is 8.78. The summed E-state index contributed by atoms with van der Waals surface area (Å²) in [5, 5.41) is 5.54. The first kappa shape index (κ1) is 20.1. The zero-order valence-electron chi connectivity index (χ0n) is 14.3. The van der Waals surface area contributed by atoms with E-state index in [1.165, 1.54) is 0 Å². The second-order valence-corrected chi connectivity index (χ2v) is 7.58. The third-order valence-electron chi connectivity index (χ3n) is 2.70. The van der Waals surface area contributed by atoms with Gasteiger partial charge in [0.05, 0.1) is 0 Å². The van der Waals surface area contributed by atoms with Crippen LogP contribution in [-0.2, 0) is 9.53 Å². The van der Waals surface area contributed by atoms with Crippen LogP contribution in [0.15, 0.2) is 0 Å². The Balaban J connectivity index is 4.47. The van der Waals surface area contributed by atoms with E-state index in [0.717, 1.165) is 5.75 Å². The summed E-state index contributed by atoms with van der Waals surface area (Å²) in [6, 6.07) is -0.582. The molecule has 0 saturated heterocycles. The van der Waals surface area contributed by atoms with Crippen LogP contribution in [0.3, 0.4) is 0 Å². The first-order valence-electron chi connectivity index (χ1n) is 7.33. The molecule has 0 rings (SSSR count). The molecule has 2 unspecified atom stereocenters. The molecule has 0 aromatic carbocycles. The van der Waals surface area contributed by atoms with Crippen molar-refractivity contribution in [3.05, 3.63) is 0 Å². The highest BCUT2D eigenvalue weighted by molar-refractivity contribution is 7.98. The van der Waals surface area contributed by atoms with Crippen LogP contribution < -0.4 is 10.6 Å². The van der Waals surface area contributed by atoms with Gasteiger partial charge in [0.15, 0.2) is 0 Å². The maximum Gasteiger partial charge on any atom is 0.408 e. The number of rotatable bonds is 7. The highest BCUT2D eigenvalue weighted by Gasteiger charge is 2.26. The molecule has 5 nitrogen and oxygen atoms in total. The molecule has 0 heterocycles. The fourth-order valence-corrected chi connectivity index (χ4v) is 2.38. The van der Waals surface area contributed by atoms with Crippen molar-refractivity contribution in [1.29, 1.82) is 0 Å². The molecule has 2 N–H and O–H groups in total. The highest BCUT2D eigenvalue weighted by Crippen LogP contribution is 2.09. The van der Waals surface area contributed by atoms with Gasteiger partial charge < -0.3 is 15.4 Å². The average Bonchev–Trinajstić information content (AvgIpc) is 2.31. The number of ether oxygens (including phenoxy) is 1. The van der Waals surface area contributed by atoms with Gasteiger partial charge in [0.1, 0.15) is 11.6 Å². The Morgan fingerprint density at radius 3 is 2.19 bits per heavy atom. The molecule has 0 radical (unpaired) electrons. The Labute approximate surface area is 133 Å². The summed E-state index contributed by atoms with van der Waals surface area (Å²) in [7, 11) is 0. The number of nitrogens with one attached hydrogen (secondary N) is 2. The van der Waals surface area contributed by atoms with E-state index >= 15 is 0 Å². The van der Waals surface area contributed by atoms with Gasteiger partial charge in [-0.1, -0.05) is 20.8 Å². The first-order chi connectivity index (χ1) is 9.56. The van der Waals surface area contributed by atoms with E-state index in [2.05, 4.69) is 17.6 Å². The summed E-state index contributed by atoms with van der Waals surface area (Å²) in [6.07, 6.45) is 1.48. The number of hydrogen-bond acceptors (Lipinski definition) is 4. The van der Waals surface area contributed by atoms with Crippen molar-refractivity contribution in [3.8, 4) is 0 Å². The molecule has 0 aliphatic rings. The Morgan fingerprint density at radius 2 is 1.76 bits per heavy atom. The van der Waals surface area contributed by atoms with Crippen LogP contribution in [0.2, 0.25) is 0 Å². The van der Waals surface area contributed by atoms with Crippen LogP contribution in [0.25, 0.3) is 0 Å².